The topological polar surface area (TPSA) is 60.5 Å². The zero-order chi connectivity index (χ0) is 13.7. The smallest absolute Gasteiger partial charge is 0.253 e. The van der Waals surface area contributed by atoms with Crippen molar-refractivity contribution >= 4 is 11.8 Å². The van der Waals surface area contributed by atoms with E-state index in [-0.39, 0.29) is 17.7 Å². The number of hydroxylamine groups is 2. The molecule has 2 heterocycles. The first kappa shape index (κ1) is 13.2. The maximum Gasteiger partial charge on any atom is 0.253 e. The molecule has 0 aliphatic carbocycles. The normalized spacial score (nSPS) is 30.5. The first-order valence-corrected chi connectivity index (χ1v) is 6.17. The average molecular weight is 251 g/mol. The van der Waals surface area contributed by atoms with E-state index in [0.29, 0.717) is 13.0 Å². The fraction of sp³-hybridized carbons (Fsp3) is 0.692. The Labute approximate surface area is 107 Å². The second-order valence-electron chi connectivity index (χ2n) is 6.28. The van der Waals surface area contributed by atoms with E-state index in [4.69, 9.17) is 0 Å². The summed E-state index contributed by atoms with van der Waals surface area (Å²) < 4.78 is 0. The highest BCUT2D eigenvalue weighted by atomic mass is 16.5. The van der Waals surface area contributed by atoms with Gasteiger partial charge in [-0.3, -0.25) is 14.5 Å². The van der Waals surface area contributed by atoms with Crippen molar-refractivity contribution in [2.45, 2.75) is 45.2 Å². The monoisotopic (exact) mass is 251 g/mol. The molecule has 2 amide bonds. The number of hydrogen-bond donors (Lipinski definition) is 0. The molecule has 5 nitrogen and oxygen atoms in total. The predicted molar refractivity (Wildman–Crippen MR) is 64.7 cm³/mol. The van der Waals surface area contributed by atoms with Gasteiger partial charge in [0.05, 0.1) is 0 Å². The third-order valence-corrected chi connectivity index (χ3v) is 4.12. The lowest BCUT2D eigenvalue weighted by Crippen LogP contribution is -2.48. The summed E-state index contributed by atoms with van der Waals surface area (Å²) in [6, 6.07) is 0. The predicted octanol–water partition coefficient (Wildman–Crippen LogP) is 1.14. The molecule has 1 saturated heterocycles. The van der Waals surface area contributed by atoms with Crippen LogP contribution in [0.15, 0.2) is 12.2 Å². The van der Waals surface area contributed by atoms with Crippen LogP contribution in [0.1, 0.15) is 34.1 Å². The fourth-order valence-electron chi connectivity index (χ4n) is 3.00. The van der Waals surface area contributed by atoms with Gasteiger partial charge < -0.3 is 0 Å². The van der Waals surface area contributed by atoms with Gasteiger partial charge in [-0.1, -0.05) is 0 Å². The zero-order valence-electron chi connectivity index (χ0n) is 11.3. The summed E-state index contributed by atoms with van der Waals surface area (Å²) in [4.78, 5) is 24.3. The molecule has 1 fully saturated rings. The molecule has 2 aliphatic heterocycles. The minimum Gasteiger partial charge on any atom is -0.275 e. The van der Waals surface area contributed by atoms with Crippen LogP contribution in [-0.2, 0) is 14.8 Å². The molecule has 0 saturated carbocycles. The van der Waals surface area contributed by atoms with Gasteiger partial charge in [-0.15, -0.1) is 10.3 Å². The van der Waals surface area contributed by atoms with Crippen molar-refractivity contribution in [1.82, 2.24) is 9.96 Å². The van der Waals surface area contributed by atoms with Crippen molar-refractivity contribution in [3.05, 3.63) is 12.2 Å². The van der Waals surface area contributed by atoms with Gasteiger partial charge in [0.15, 0.2) is 0 Å². The van der Waals surface area contributed by atoms with Crippen molar-refractivity contribution in [3.63, 3.8) is 0 Å². The van der Waals surface area contributed by atoms with E-state index >= 15 is 0 Å². The number of amides is 2. The molecule has 0 bridgehead atoms. The molecular weight excluding hydrogens is 232 g/mol. The van der Waals surface area contributed by atoms with Crippen LogP contribution in [0, 0.1) is 5.92 Å². The Balaban J connectivity index is 2.16. The lowest BCUT2D eigenvalue weighted by Gasteiger charge is -2.34. The van der Waals surface area contributed by atoms with Crippen LogP contribution in [0.2, 0.25) is 0 Å². The number of nitrogens with zero attached hydrogens (tertiary/aromatic N) is 2. The highest BCUT2D eigenvalue weighted by Crippen LogP contribution is 2.44. The van der Waals surface area contributed by atoms with Crippen molar-refractivity contribution in [2.24, 2.45) is 5.92 Å². The molecule has 1 atom stereocenters. The third-order valence-electron chi connectivity index (χ3n) is 4.12. The molecule has 0 spiro atoms. The lowest BCUT2D eigenvalue weighted by molar-refractivity contribution is -0.248. The first-order valence-electron chi connectivity index (χ1n) is 6.17. The maximum atomic E-state index is 12.2. The van der Waals surface area contributed by atoms with Crippen LogP contribution in [0.25, 0.3) is 0 Å². The van der Waals surface area contributed by atoms with Crippen molar-refractivity contribution in [1.29, 1.82) is 0 Å². The third kappa shape index (κ3) is 1.87. The van der Waals surface area contributed by atoms with Crippen LogP contribution >= 0.6 is 0 Å². The summed E-state index contributed by atoms with van der Waals surface area (Å²) >= 11 is 0. The summed E-state index contributed by atoms with van der Waals surface area (Å²) in [5, 5.41) is 13.3. The summed E-state index contributed by atoms with van der Waals surface area (Å²) in [5.41, 5.74) is -1.01. The highest BCUT2D eigenvalue weighted by molar-refractivity contribution is 6.12. The molecule has 18 heavy (non-hydrogen) atoms. The van der Waals surface area contributed by atoms with Gasteiger partial charge >= 0.3 is 0 Å². The van der Waals surface area contributed by atoms with Gasteiger partial charge in [-0.2, -0.15) is 0 Å². The van der Waals surface area contributed by atoms with Gasteiger partial charge in [0.1, 0.15) is 0 Å². The van der Waals surface area contributed by atoms with Gasteiger partial charge in [-0.05, 0) is 40.0 Å². The van der Waals surface area contributed by atoms with E-state index in [1.54, 1.807) is 0 Å². The van der Waals surface area contributed by atoms with Crippen LogP contribution in [0.4, 0.5) is 0 Å². The molecule has 2 aliphatic rings. The molecule has 2 rings (SSSR count). The van der Waals surface area contributed by atoms with E-state index in [9.17, 15) is 14.8 Å². The molecule has 0 N–H and O–H groups in total. The molecule has 99 valence electrons. The fourth-order valence-corrected chi connectivity index (χ4v) is 3.00. The van der Waals surface area contributed by atoms with Crippen molar-refractivity contribution < 1.29 is 14.8 Å². The van der Waals surface area contributed by atoms with E-state index < -0.39 is 11.1 Å². The summed E-state index contributed by atoms with van der Waals surface area (Å²) in [7, 11) is 0. The Morgan fingerprint density at radius 3 is 2.06 bits per heavy atom. The number of carbonyl (C=O) groups excluding carboxylic acids is 2. The summed E-state index contributed by atoms with van der Waals surface area (Å²) in [6.45, 7) is 7.86. The Morgan fingerprint density at radius 1 is 1.17 bits per heavy atom. The number of rotatable bonds is 2. The zero-order valence-corrected chi connectivity index (χ0v) is 11.3. The van der Waals surface area contributed by atoms with Crippen LogP contribution in [0.3, 0.4) is 0 Å². The molecule has 0 aromatic carbocycles. The SMILES string of the molecule is CC1(C)CC(CN2C(=O)C=CC2=O)C(C)(C)N1[O]. The second kappa shape index (κ2) is 3.90. The van der Waals surface area contributed by atoms with E-state index in [1.807, 2.05) is 27.7 Å². The maximum absolute atomic E-state index is 12.2. The first-order chi connectivity index (χ1) is 8.16. The number of imide groups is 1. The van der Waals surface area contributed by atoms with Crippen LogP contribution < -0.4 is 0 Å². The van der Waals surface area contributed by atoms with Gasteiger partial charge in [0.2, 0.25) is 0 Å². The summed E-state index contributed by atoms with van der Waals surface area (Å²) in [6.07, 6.45) is 3.25. The van der Waals surface area contributed by atoms with Crippen molar-refractivity contribution in [3.8, 4) is 0 Å². The Hall–Kier alpha value is -1.20. The molecule has 0 aromatic rings. The number of carbonyl (C=O) groups is 2. The van der Waals surface area contributed by atoms with Crippen LogP contribution in [0.5, 0.6) is 0 Å². The minimum absolute atomic E-state index is 0.00204. The molecule has 0 aromatic heterocycles. The second-order valence-corrected chi connectivity index (χ2v) is 6.28. The van der Waals surface area contributed by atoms with Gasteiger partial charge in [0, 0.05) is 29.8 Å². The lowest BCUT2D eigenvalue weighted by atomic mass is 9.86. The minimum atomic E-state index is -0.563. The largest absolute Gasteiger partial charge is 0.275 e. The van der Waals surface area contributed by atoms with Gasteiger partial charge in [0.25, 0.3) is 11.8 Å². The molecular formula is C13H19N2O3. The summed E-state index contributed by atoms with van der Waals surface area (Å²) in [5.74, 6) is -0.561. The standard InChI is InChI=1S/C13H19N2O3/c1-12(2)7-9(13(3,4)15(12)18)8-14-10(16)5-6-11(14)17/h5-6,9H,7-8H2,1-4H3. The Kier molecular flexibility index (Phi) is 2.87. The van der Waals surface area contributed by atoms with E-state index in [0.717, 1.165) is 5.06 Å². The van der Waals surface area contributed by atoms with Crippen molar-refractivity contribution in [2.75, 3.05) is 6.54 Å². The molecule has 1 radical (unpaired) electrons. The average Bonchev–Trinajstić information content (AvgIpc) is 2.64. The molecule has 5 heteroatoms. The number of hydrogen-bond acceptors (Lipinski definition) is 3. The highest BCUT2D eigenvalue weighted by Gasteiger charge is 2.53. The quantitative estimate of drug-likeness (QED) is 0.691. The van der Waals surface area contributed by atoms with Gasteiger partial charge in [-0.25, -0.2) is 0 Å². The van der Waals surface area contributed by atoms with E-state index in [1.165, 1.54) is 17.1 Å². The van der Waals surface area contributed by atoms with Crippen LogP contribution in [-0.4, -0.2) is 39.4 Å². The Morgan fingerprint density at radius 2 is 1.67 bits per heavy atom. The Bertz CT molecular complexity index is 408. The van der Waals surface area contributed by atoms with E-state index in [2.05, 4.69) is 0 Å². The molecule has 1 unspecified atom stereocenters.